The van der Waals surface area contributed by atoms with Crippen LogP contribution in [0.25, 0.3) is 0 Å². The molecule has 0 aromatic carbocycles. The normalized spacial score (nSPS) is 20.5. The smallest absolute Gasteiger partial charge is 0.309 e. The van der Waals surface area contributed by atoms with E-state index in [2.05, 4.69) is 20.3 Å². The fourth-order valence-electron chi connectivity index (χ4n) is 3.14. The van der Waals surface area contributed by atoms with Crippen molar-refractivity contribution in [3.63, 3.8) is 0 Å². The van der Waals surface area contributed by atoms with Gasteiger partial charge in [0.15, 0.2) is 0 Å². The fraction of sp³-hybridized carbons (Fsp3) is 0.438. The van der Waals surface area contributed by atoms with E-state index in [4.69, 9.17) is 0 Å². The zero-order valence-electron chi connectivity index (χ0n) is 13.9. The topological polar surface area (TPSA) is 113 Å². The van der Waals surface area contributed by atoms with Crippen molar-refractivity contribution < 1.29 is 14.7 Å². The number of hydrogen-bond donors (Lipinski definition) is 2. The highest BCUT2D eigenvalue weighted by atomic mass is 16.4. The molecule has 2 N–H and O–H groups in total. The van der Waals surface area contributed by atoms with E-state index in [0.29, 0.717) is 31.3 Å². The average Bonchev–Trinajstić information content (AvgIpc) is 3.02. The lowest BCUT2D eigenvalue weighted by molar-refractivity contribution is -0.152. The number of aromatic nitrogens is 4. The Kier molecular flexibility index (Phi) is 4.92. The molecule has 2 aromatic heterocycles. The Labute approximate surface area is 144 Å². The van der Waals surface area contributed by atoms with Gasteiger partial charge in [0, 0.05) is 51.3 Å². The van der Waals surface area contributed by atoms with E-state index >= 15 is 0 Å². The molecule has 9 nitrogen and oxygen atoms in total. The van der Waals surface area contributed by atoms with Crippen molar-refractivity contribution in [1.29, 1.82) is 0 Å². The molecule has 0 aliphatic carbocycles. The van der Waals surface area contributed by atoms with Crippen LogP contribution in [-0.2, 0) is 16.6 Å². The van der Waals surface area contributed by atoms with Crippen LogP contribution in [0.2, 0.25) is 0 Å². The van der Waals surface area contributed by atoms with E-state index in [-0.39, 0.29) is 12.3 Å². The van der Waals surface area contributed by atoms with Gasteiger partial charge >= 0.3 is 5.97 Å². The third-order valence-corrected chi connectivity index (χ3v) is 4.35. The summed E-state index contributed by atoms with van der Waals surface area (Å²) in [5, 5.41) is 12.6. The van der Waals surface area contributed by atoms with Gasteiger partial charge in [0.25, 0.3) is 0 Å². The number of nitrogens with one attached hydrogen (secondary N) is 1. The van der Waals surface area contributed by atoms with Crippen LogP contribution in [0.3, 0.4) is 0 Å². The first kappa shape index (κ1) is 16.9. The zero-order valence-corrected chi connectivity index (χ0v) is 13.9. The first-order valence-corrected chi connectivity index (χ1v) is 8.08. The van der Waals surface area contributed by atoms with Crippen molar-refractivity contribution in [3.05, 3.63) is 36.7 Å². The van der Waals surface area contributed by atoms with Crippen LogP contribution >= 0.6 is 0 Å². The van der Waals surface area contributed by atoms with Gasteiger partial charge in [-0.2, -0.15) is 0 Å². The Morgan fingerprint density at radius 2 is 2.08 bits per heavy atom. The molecule has 0 saturated carbocycles. The van der Waals surface area contributed by atoms with E-state index in [0.717, 1.165) is 0 Å². The number of aryl methyl sites for hydroxylation is 1. The summed E-state index contributed by atoms with van der Waals surface area (Å²) in [4.78, 5) is 38.2. The number of likely N-dealkylation sites (tertiary alicyclic amines) is 1. The Morgan fingerprint density at radius 1 is 1.32 bits per heavy atom. The molecule has 2 aromatic rings. The summed E-state index contributed by atoms with van der Waals surface area (Å²) < 4.78 is 1.76. The minimum Gasteiger partial charge on any atom is -0.481 e. The van der Waals surface area contributed by atoms with E-state index in [9.17, 15) is 14.7 Å². The molecule has 0 radical (unpaired) electrons. The Hall–Kier alpha value is -2.97. The molecule has 3 rings (SSSR count). The number of carbonyl (C=O) groups excluding carboxylic acids is 1. The molecule has 1 amide bonds. The van der Waals surface area contributed by atoms with E-state index < -0.39 is 17.9 Å². The zero-order chi connectivity index (χ0) is 17.8. The number of aliphatic carboxylic acids is 1. The lowest BCUT2D eigenvalue weighted by Gasteiger charge is -2.39. The first-order chi connectivity index (χ1) is 12.1. The first-order valence-electron chi connectivity index (χ1n) is 8.08. The monoisotopic (exact) mass is 344 g/mol. The van der Waals surface area contributed by atoms with Crippen molar-refractivity contribution in [3.8, 4) is 0 Å². The van der Waals surface area contributed by atoms with E-state index in [1.54, 1.807) is 47.4 Å². The van der Waals surface area contributed by atoms with Crippen molar-refractivity contribution in [2.24, 2.45) is 13.0 Å². The highest BCUT2D eigenvalue weighted by molar-refractivity contribution is 5.81. The van der Waals surface area contributed by atoms with Crippen molar-refractivity contribution in [2.45, 2.75) is 18.9 Å². The average molecular weight is 344 g/mol. The second kappa shape index (κ2) is 7.29. The molecule has 0 spiro atoms. The largest absolute Gasteiger partial charge is 0.481 e. The minimum absolute atomic E-state index is 0.0683. The van der Waals surface area contributed by atoms with Gasteiger partial charge in [0.1, 0.15) is 11.9 Å². The lowest BCUT2D eigenvalue weighted by Crippen LogP contribution is -2.47. The number of imidazole rings is 1. The molecule has 9 heteroatoms. The SMILES string of the molecule is Cn1ccnc1[C@H]1[C@@H](C(=O)O)CCC(=O)N1CCNc1ncccn1. The van der Waals surface area contributed by atoms with Crippen molar-refractivity contribution in [2.75, 3.05) is 18.4 Å². The molecule has 1 aliphatic heterocycles. The standard InChI is InChI=1S/C16H20N6O3/c1-21-9-7-17-14(21)13-11(15(24)25)3-4-12(23)22(13)10-8-20-16-18-5-2-6-19-16/h2,5-7,9,11,13H,3-4,8,10H2,1H3,(H,24,25)(H,18,19,20)/t11-,13+/m0/s1. The minimum atomic E-state index is -0.912. The highest BCUT2D eigenvalue weighted by Gasteiger charge is 2.42. The van der Waals surface area contributed by atoms with Crippen LogP contribution in [0.5, 0.6) is 0 Å². The number of anilines is 1. The predicted octanol–water partition coefficient (Wildman–Crippen LogP) is 0.686. The van der Waals surface area contributed by atoms with Crippen LogP contribution in [0.1, 0.15) is 24.7 Å². The summed E-state index contributed by atoms with van der Waals surface area (Å²) in [6.45, 7) is 0.765. The summed E-state index contributed by atoms with van der Waals surface area (Å²) in [6.07, 6.45) is 7.15. The van der Waals surface area contributed by atoms with Crippen LogP contribution < -0.4 is 5.32 Å². The summed E-state index contributed by atoms with van der Waals surface area (Å²) in [5.74, 6) is -0.607. The van der Waals surface area contributed by atoms with E-state index in [1.165, 1.54) is 0 Å². The number of carbonyl (C=O) groups is 2. The maximum absolute atomic E-state index is 12.5. The summed E-state index contributed by atoms with van der Waals surface area (Å²) in [5.41, 5.74) is 0. The fourth-order valence-corrected chi connectivity index (χ4v) is 3.14. The van der Waals surface area contributed by atoms with Gasteiger partial charge < -0.3 is 19.9 Å². The Morgan fingerprint density at radius 3 is 2.72 bits per heavy atom. The highest BCUT2D eigenvalue weighted by Crippen LogP contribution is 2.35. The Balaban J connectivity index is 1.78. The maximum atomic E-state index is 12.5. The molecule has 1 saturated heterocycles. The third-order valence-electron chi connectivity index (χ3n) is 4.35. The van der Waals surface area contributed by atoms with Crippen molar-refractivity contribution >= 4 is 17.8 Å². The van der Waals surface area contributed by atoms with Gasteiger partial charge in [-0.3, -0.25) is 9.59 Å². The molecule has 1 aliphatic rings. The molecule has 3 heterocycles. The van der Waals surface area contributed by atoms with Gasteiger partial charge in [-0.25, -0.2) is 15.0 Å². The predicted molar refractivity (Wildman–Crippen MR) is 88.5 cm³/mol. The number of hydrogen-bond acceptors (Lipinski definition) is 6. The van der Waals surface area contributed by atoms with Gasteiger partial charge in [0.2, 0.25) is 11.9 Å². The number of rotatable bonds is 6. The second-order valence-corrected chi connectivity index (χ2v) is 5.91. The van der Waals surface area contributed by atoms with Gasteiger partial charge in [0.05, 0.1) is 5.92 Å². The number of piperidine rings is 1. The summed E-state index contributed by atoms with van der Waals surface area (Å²) in [7, 11) is 1.80. The van der Waals surface area contributed by atoms with Gasteiger partial charge in [-0.1, -0.05) is 0 Å². The molecule has 25 heavy (non-hydrogen) atoms. The lowest BCUT2D eigenvalue weighted by atomic mass is 9.88. The maximum Gasteiger partial charge on any atom is 0.309 e. The van der Waals surface area contributed by atoms with Crippen LogP contribution in [0, 0.1) is 5.92 Å². The van der Waals surface area contributed by atoms with Crippen LogP contribution in [-0.4, -0.2) is 54.5 Å². The number of amides is 1. The van der Waals surface area contributed by atoms with E-state index in [1.807, 2.05) is 0 Å². The molecule has 0 unspecified atom stereocenters. The summed E-state index contributed by atoms with van der Waals surface area (Å²) in [6, 6.07) is 1.13. The Bertz CT molecular complexity index is 747. The van der Waals surface area contributed by atoms with Gasteiger partial charge in [-0.05, 0) is 12.5 Å². The molecule has 132 valence electrons. The van der Waals surface area contributed by atoms with Crippen molar-refractivity contribution in [1.82, 2.24) is 24.4 Å². The van der Waals surface area contributed by atoms with Crippen LogP contribution in [0.4, 0.5) is 5.95 Å². The summed E-state index contributed by atoms with van der Waals surface area (Å²) >= 11 is 0. The molecule has 2 atom stereocenters. The van der Waals surface area contributed by atoms with Gasteiger partial charge in [-0.15, -0.1) is 0 Å². The molecular formula is C16H20N6O3. The number of carboxylic acid groups (broad SMARTS) is 1. The quantitative estimate of drug-likeness (QED) is 0.792. The molecule has 1 fully saturated rings. The second-order valence-electron chi connectivity index (χ2n) is 5.91. The number of carboxylic acids is 1. The molecular weight excluding hydrogens is 324 g/mol. The third kappa shape index (κ3) is 3.59. The van der Waals surface area contributed by atoms with Crippen LogP contribution in [0.15, 0.2) is 30.9 Å². The molecule has 0 bridgehead atoms. The number of nitrogens with zero attached hydrogens (tertiary/aromatic N) is 5.